The minimum absolute atomic E-state index is 0.106. The van der Waals surface area contributed by atoms with Crippen LogP contribution in [0, 0.1) is 6.92 Å². The molecule has 0 spiro atoms. The van der Waals surface area contributed by atoms with E-state index in [-0.39, 0.29) is 51.0 Å². The van der Waals surface area contributed by atoms with Crippen molar-refractivity contribution in [2.75, 3.05) is 32.7 Å². The van der Waals surface area contributed by atoms with Gasteiger partial charge in [-0.05, 0) is 90.3 Å². The number of nitrogens with two attached hydrogens (primary N) is 1. The first-order valence-corrected chi connectivity index (χ1v) is 16.7. The summed E-state index contributed by atoms with van der Waals surface area (Å²) in [6.07, 6.45) is 4.11. The number of benzene rings is 3. The van der Waals surface area contributed by atoms with Crippen LogP contribution >= 0.6 is 34.8 Å². The van der Waals surface area contributed by atoms with E-state index in [9.17, 15) is 19.2 Å². The third kappa shape index (κ3) is 8.55. The number of rotatable bonds is 13. The number of hydrogen-bond acceptors (Lipinski definition) is 4. The van der Waals surface area contributed by atoms with Crippen LogP contribution in [0.3, 0.4) is 0 Å². The molecule has 1 aliphatic heterocycles. The van der Waals surface area contributed by atoms with Gasteiger partial charge in [-0.25, -0.2) is 0 Å². The average Bonchev–Trinajstić information content (AvgIpc) is 3.44. The molecule has 3 aromatic rings. The maximum absolute atomic E-state index is 14.1. The molecule has 2 aliphatic rings. The molecule has 1 atom stereocenters. The van der Waals surface area contributed by atoms with Crippen molar-refractivity contribution in [2.24, 2.45) is 5.73 Å². The fourth-order valence-electron chi connectivity index (χ4n) is 6.30. The van der Waals surface area contributed by atoms with E-state index in [0.717, 1.165) is 34.2 Å². The first-order valence-electron chi connectivity index (χ1n) is 15.6. The minimum Gasteiger partial charge on any atom is -0.368 e. The fraction of sp³-hybridized carbons (Fsp3) is 0.333. The molecule has 246 valence electrons. The lowest BCUT2D eigenvalue weighted by Crippen LogP contribution is -2.61. The van der Waals surface area contributed by atoms with Gasteiger partial charge in [0.25, 0.3) is 0 Å². The third-order valence-electron chi connectivity index (χ3n) is 8.86. The van der Waals surface area contributed by atoms with Gasteiger partial charge in [0.05, 0.1) is 19.5 Å². The second kappa shape index (κ2) is 15.4. The summed E-state index contributed by atoms with van der Waals surface area (Å²) in [5.41, 5.74) is 11.7. The number of aryl methyl sites for hydroxylation is 1. The van der Waals surface area contributed by atoms with Crippen LogP contribution in [0.2, 0.25) is 15.1 Å². The molecule has 3 aromatic carbocycles. The Bertz CT molecular complexity index is 1730. The Morgan fingerprint density at radius 1 is 0.915 bits per heavy atom. The molecular formula is C36H37Cl3N4O4. The van der Waals surface area contributed by atoms with Crippen LogP contribution in [-0.4, -0.2) is 77.1 Å². The standard InChI is InChI=1S/C36H37Cl3N4O4/c1-23-18-28(37)10-8-24(23)12-15-41(21-33(40)44)34(45)20-32-36(47)42(16-13-27-9-11-29(38)19-31(27)39)22-35(46)43(32)17-14-26-7-6-25-4-2-3-5-30(25)26/h2-5,7-11,18-19,32H,6,12-17,20-22H2,1H3,(H2,40,44). The minimum atomic E-state index is -1.03. The monoisotopic (exact) mass is 694 g/mol. The van der Waals surface area contributed by atoms with Crippen LogP contribution < -0.4 is 5.73 Å². The molecule has 47 heavy (non-hydrogen) atoms. The Kier molecular flexibility index (Phi) is 11.3. The molecule has 0 radical (unpaired) electrons. The lowest BCUT2D eigenvalue weighted by molar-refractivity contribution is -0.158. The number of amides is 4. The maximum Gasteiger partial charge on any atom is 0.246 e. The summed E-state index contributed by atoms with van der Waals surface area (Å²) >= 11 is 18.5. The highest BCUT2D eigenvalue weighted by Crippen LogP contribution is 2.31. The van der Waals surface area contributed by atoms with Crippen molar-refractivity contribution in [2.45, 2.75) is 45.1 Å². The van der Waals surface area contributed by atoms with Crippen molar-refractivity contribution in [3.05, 3.63) is 110 Å². The van der Waals surface area contributed by atoms with E-state index in [1.165, 1.54) is 20.3 Å². The smallest absolute Gasteiger partial charge is 0.246 e. The zero-order valence-corrected chi connectivity index (χ0v) is 28.5. The third-order valence-corrected chi connectivity index (χ3v) is 9.68. The van der Waals surface area contributed by atoms with Gasteiger partial charge in [0.1, 0.15) is 6.04 Å². The Morgan fingerprint density at radius 2 is 1.64 bits per heavy atom. The number of allylic oxidation sites excluding steroid dienone is 1. The molecule has 1 unspecified atom stereocenters. The van der Waals surface area contributed by atoms with Crippen LogP contribution in [0.25, 0.3) is 5.57 Å². The summed E-state index contributed by atoms with van der Waals surface area (Å²) in [5, 5.41) is 1.59. The summed E-state index contributed by atoms with van der Waals surface area (Å²) < 4.78 is 0. The summed E-state index contributed by atoms with van der Waals surface area (Å²) in [6.45, 7) is 2.24. The number of hydrogen-bond donors (Lipinski definition) is 1. The van der Waals surface area contributed by atoms with Crippen molar-refractivity contribution in [1.29, 1.82) is 0 Å². The number of nitrogens with zero attached hydrogens (tertiary/aromatic N) is 3. The van der Waals surface area contributed by atoms with E-state index in [4.69, 9.17) is 40.5 Å². The molecule has 11 heteroatoms. The van der Waals surface area contributed by atoms with E-state index in [2.05, 4.69) is 18.2 Å². The van der Waals surface area contributed by atoms with Crippen LogP contribution in [0.15, 0.2) is 66.7 Å². The van der Waals surface area contributed by atoms with Crippen molar-refractivity contribution in [3.8, 4) is 0 Å². The maximum atomic E-state index is 14.1. The zero-order valence-electron chi connectivity index (χ0n) is 26.2. The van der Waals surface area contributed by atoms with Crippen LogP contribution in [0.5, 0.6) is 0 Å². The van der Waals surface area contributed by atoms with E-state index in [1.807, 2.05) is 31.2 Å². The highest BCUT2D eigenvalue weighted by atomic mass is 35.5. The Hall–Kier alpha value is -3.85. The fourth-order valence-corrected chi connectivity index (χ4v) is 7.03. The Labute approximate surface area is 290 Å². The number of carbonyl (C=O) groups excluding carboxylic acids is 4. The van der Waals surface area contributed by atoms with Gasteiger partial charge >= 0.3 is 0 Å². The predicted octanol–water partition coefficient (Wildman–Crippen LogP) is 5.51. The first-order chi connectivity index (χ1) is 22.5. The van der Waals surface area contributed by atoms with Crippen LogP contribution in [0.1, 0.15) is 40.7 Å². The molecule has 1 heterocycles. The number of halogens is 3. The summed E-state index contributed by atoms with van der Waals surface area (Å²) in [4.78, 5) is 58.0. The summed E-state index contributed by atoms with van der Waals surface area (Å²) in [5.74, 6) is -1.66. The molecule has 2 N–H and O–H groups in total. The second-order valence-electron chi connectivity index (χ2n) is 12.0. The van der Waals surface area contributed by atoms with E-state index in [0.29, 0.717) is 34.3 Å². The van der Waals surface area contributed by atoms with Crippen molar-refractivity contribution < 1.29 is 19.2 Å². The van der Waals surface area contributed by atoms with Gasteiger partial charge in [0.15, 0.2) is 0 Å². The summed E-state index contributed by atoms with van der Waals surface area (Å²) in [7, 11) is 0. The second-order valence-corrected chi connectivity index (χ2v) is 13.3. The highest BCUT2D eigenvalue weighted by Gasteiger charge is 2.41. The van der Waals surface area contributed by atoms with Crippen molar-refractivity contribution in [1.82, 2.24) is 14.7 Å². The van der Waals surface area contributed by atoms with Gasteiger partial charge in [-0.15, -0.1) is 0 Å². The van der Waals surface area contributed by atoms with E-state index in [1.54, 1.807) is 24.3 Å². The van der Waals surface area contributed by atoms with Gasteiger partial charge in [-0.2, -0.15) is 0 Å². The number of carbonyl (C=O) groups is 4. The molecule has 1 saturated heterocycles. The van der Waals surface area contributed by atoms with Gasteiger partial charge in [-0.3, -0.25) is 19.2 Å². The quantitative estimate of drug-likeness (QED) is 0.255. The van der Waals surface area contributed by atoms with E-state index >= 15 is 0 Å². The molecule has 8 nitrogen and oxygen atoms in total. The predicted molar refractivity (Wildman–Crippen MR) is 185 cm³/mol. The molecule has 1 aliphatic carbocycles. The van der Waals surface area contributed by atoms with Gasteiger partial charge < -0.3 is 20.4 Å². The van der Waals surface area contributed by atoms with Crippen LogP contribution in [-0.2, 0) is 38.4 Å². The zero-order chi connectivity index (χ0) is 33.7. The van der Waals surface area contributed by atoms with Gasteiger partial charge in [0, 0.05) is 34.7 Å². The number of piperazine rings is 1. The summed E-state index contributed by atoms with van der Waals surface area (Å²) in [6, 6.07) is 17.8. The van der Waals surface area contributed by atoms with Gasteiger partial charge in [-0.1, -0.05) is 77.3 Å². The Balaban J connectivity index is 1.35. The molecule has 4 amide bonds. The van der Waals surface area contributed by atoms with Crippen molar-refractivity contribution >= 4 is 64.0 Å². The molecule has 5 rings (SSSR count). The Morgan fingerprint density at radius 3 is 2.36 bits per heavy atom. The van der Waals surface area contributed by atoms with E-state index < -0.39 is 17.9 Å². The lowest BCUT2D eigenvalue weighted by Gasteiger charge is -2.41. The molecule has 1 fully saturated rings. The molecule has 0 bridgehead atoms. The number of fused-ring (bicyclic) bond motifs is 1. The molecule has 0 saturated carbocycles. The normalized spacial score (nSPS) is 15.9. The highest BCUT2D eigenvalue weighted by molar-refractivity contribution is 6.35. The first kappa shape index (κ1) is 34.5. The molecule has 0 aromatic heterocycles. The molecular weight excluding hydrogens is 659 g/mol. The van der Waals surface area contributed by atoms with Gasteiger partial charge in [0.2, 0.25) is 23.6 Å². The largest absolute Gasteiger partial charge is 0.368 e. The topological polar surface area (TPSA) is 104 Å². The van der Waals surface area contributed by atoms with Crippen molar-refractivity contribution in [3.63, 3.8) is 0 Å². The van der Waals surface area contributed by atoms with Crippen LogP contribution in [0.4, 0.5) is 0 Å². The lowest BCUT2D eigenvalue weighted by atomic mass is 10.0. The SMILES string of the molecule is Cc1cc(Cl)ccc1CCN(CC(N)=O)C(=O)CC1C(=O)N(CCc2ccc(Cl)cc2Cl)CC(=O)N1CCC1=CCc2ccccc21. The average molecular weight is 696 g/mol. The number of primary amides is 1.